The first-order valence-corrected chi connectivity index (χ1v) is 3.88. The number of nitrogens with two attached hydrogens (primary N) is 1. The standard InChI is InChI=1S/C9H11N3O/c1-3-4-7(10)9(13)8-5-6-11-12(8)2/h1,5-7H,4,10H2,2H3. The lowest BCUT2D eigenvalue weighted by Gasteiger charge is -2.06. The largest absolute Gasteiger partial charge is 0.320 e. The molecule has 0 fully saturated rings. The molecule has 0 saturated heterocycles. The van der Waals surface area contributed by atoms with E-state index in [0.29, 0.717) is 5.69 Å². The SMILES string of the molecule is C#CCC(N)C(=O)c1ccnn1C. The van der Waals surface area contributed by atoms with E-state index in [2.05, 4.69) is 11.0 Å². The maximum Gasteiger partial charge on any atom is 0.198 e. The number of hydrogen-bond donors (Lipinski definition) is 1. The van der Waals surface area contributed by atoms with Gasteiger partial charge in [-0.15, -0.1) is 12.3 Å². The van der Waals surface area contributed by atoms with Gasteiger partial charge < -0.3 is 5.73 Å². The first-order chi connectivity index (χ1) is 6.16. The van der Waals surface area contributed by atoms with Crippen LogP contribution in [0.5, 0.6) is 0 Å². The molecular weight excluding hydrogens is 166 g/mol. The first kappa shape index (κ1) is 9.49. The van der Waals surface area contributed by atoms with Crippen molar-refractivity contribution >= 4 is 5.78 Å². The molecule has 0 spiro atoms. The molecule has 13 heavy (non-hydrogen) atoms. The number of carbonyl (C=O) groups excluding carboxylic acids is 1. The summed E-state index contributed by atoms with van der Waals surface area (Å²) >= 11 is 0. The summed E-state index contributed by atoms with van der Waals surface area (Å²) in [6.07, 6.45) is 6.86. The van der Waals surface area contributed by atoms with Gasteiger partial charge in [0.15, 0.2) is 5.78 Å². The number of aromatic nitrogens is 2. The number of aryl methyl sites for hydroxylation is 1. The van der Waals surface area contributed by atoms with Crippen molar-refractivity contribution in [1.82, 2.24) is 9.78 Å². The van der Waals surface area contributed by atoms with Gasteiger partial charge in [0.1, 0.15) is 5.69 Å². The van der Waals surface area contributed by atoms with Crippen LogP contribution in [0.15, 0.2) is 12.3 Å². The van der Waals surface area contributed by atoms with E-state index in [9.17, 15) is 4.79 Å². The van der Waals surface area contributed by atoms with Crippen molar-refractivity contribution in [3.05, 3.63) is 18.0 Å². The number of carbonyl (C=O) groups is 1. The van der Waals surface area contributed by atoms with E-state index < -0.39 is 6.04 Å². The molecule has 4 nitrogen and oxygen atoms in total. The highest BCUT2D eigenvalue weighted by atomic mass is 16.1. The van der Waals surface area contributed by atoms with E-state index in [-0.39, 0.29) is 12.2 Å². The van der Waals surface area contributed by atoms with Crippen molar-refractivity contribution in [2.75, 3.05) is 0 Å². The van der Waals surface area contributed by atoms with Crippen molar-refractivity contribution in [1.29, 1.82) is 0 Å². The topological polar surface area (TPSA) is 60.9 Å². The molecule has 1 aromatic rings. The molecule has 1 unspecified atom stereocenters. The molecule has 0 radical (unpaired) electrons. The maximum absolute atomic E-state index is 11.5. The van der Waals surface area contributed by atoms with Gasteiger partial charge in [-0.05, 0) is 6.07 Å². The van der Waals surface area contributed by atoms with Gasteiger partial charge in [0.2, 0.25) is 0 Å². The van der Waals surface area contributed by atoms with Gasteiger partial charge in [-0.2, -0.15) is 5.10 Å². The van der Waals surface area contributed by atoms with Crippen LogP contribution >= 0.6 is 0 Å². The van der Waals surface area contributed by atoms with Gasteiger partial charge in [-0.1, -0.05) is 0 Å². The summed E-state index contributed by atoms with van der Waals surface area (Å²) in [4.78, 5) is 11.5. The Balaban J connectivity index is 2.81. The number of ketones is 1. The Morgan fingerprint density at radius 3 is 3.08 bits per heavy atom. The summed E-state index contributed by atoms with van der Waals surface area (Å²) < 4.78 is 1.48. The van der Waals surface area contributed by atoms with E-state index in [0.717, 1.165) is 0 Å². The highest BCUT2D eigenvalue weighted by Crippen LogP contribution is 2.02. The molecule has 0 aliphatic heterocycles. The van der Waals surface area contributed by atoms with Crippen LogP contribution in [0.25, 0.3) is 0 Å². The summed E-state index contributed by atoms with van der Waals surface area (Å²) in [6.45, 7) is 0. The number of rotatable bonds is 3. The summed E-state index contributed by atoms with van der Waals surface area (Å²) in [5.41, 5.74) is 6.04. The van der Waals surface area contributed by atoms with E-state index >= 15 is 0 Å². The van der Waals surface area contributed by atoms with Crippen LogP contribution in [0, 0.1) is 12.3 Å². The van der Waals surface area contributed by atoms with E-state index in [1.165, 1.54) is 4.68 Å². The Bertz CT molecular complexity index is 348. The fourth-order valence-electron chi connectivity index (χ4n) is 1.03. The third kappa shape index (κ3) is 1.95. The minimum Gasteiger partial charge on any atom is -0.320 e. The molecule has 1 rings (SSSR count). The fourth-order valence-corrected chi connectivity index (χ4v) is 1.03. The van der Waals surface area contributed by atoms with Gasteiger partial charge in [-0.3, -0.25) is 9.48 Å². The Morgan fingerprint density at radius 1 is 1.92 bits per heavy atom. The van der Waals surface area contributed by atoms with Crippen LogP contribution in [-0.2, 0) is 7.05 Å². The summed E-state index contributed by atoms with van der Waals surface area (Å²) in [6, 6.07) is 0.999. The molecule has 2 N–H and O–H groups in total. The van der Waals surface area contributed by atoms with Gasteiger partial charge >= 0.3 is 0 Å². The zero-order chi connectivity index (χ0) is 9.84. The van der Waals surface area contributed by atoms with Gasteiger partial charge in [0.25, 0.3) is 0 Å². The predicted molar refractivity (Wildman–Crippen MR) is 49.0 cm³/mol. The molecular formula is C9H11N3O. The highest BCUT2D eigenvalue weighted by Gasteiger charge is 2.17. The normalized spacial score (nSPS) is 12.1. The zero-order valence-electron chi connectivity index (χ0n) is 7.40. The van der Waals surface area contributed by atoms with E-state index in [1.54, 1.807) is 19.3 Å². The van der Waals surface area contributed by atoms with Crippen LogP contribution < -0.4 is 5.73 Å². The van der Waals surface area contributed by atoms with Crippen LogP contribution in [-0.4, -0.2) is 21.6 Å². The monoisotopic (exact) mass is 177 g/mol. The molecule has 68 valence electrons. The minimum atomic E-state index is -0.625. The molecule has 0 bridgehead atoms. The lowest BCUT2D eigenvalue weighted by Crippen LogP contribution is -2.31. The third-order valence-corrected chi connectivity index (χ3v) is 1.75. The van der Waals surface area contributed by atoms with E-state index in [4.69, 9.17) is 12.2 Å². The average Bonchev–Trinajstić information content (AvgIpc) is 2.50. The molecule has 0 aromatic carbocycles. The first-order valence-electron chi connectivity index (χ1n) is 3.88. The van der Waals surface area contributed by atoms with Crippen molar-refractivity contribution < 1.29 is 4.79 Å². The number of nitrogens with zero attached hydrogens (tertiary/aromatic N) is 2. The Kier molecular flexibility index (Phi) is 2.83. The number of Topliss-reactive ketones (excluding diaryl/α,β-unsaturated/α-hetero) is 1. The second kappa shape index (κ2) is 3.87. The number of hydrogen-bond acceptors (Lipinski definition) is 3. The molecule has 4 heteroatoms. The Hall–Kier alpha value is -1.60. The van der Waals surface area contributed by atoms with Crippen LogP contribution in [0.4, 0.5) is 0 Å². The Labute approximate surface area is 76.7 Å². The van der Waals surface area contributed by atoms with Crippen molar-refractivity contribution in [3.63, 3.8) is 0 Å². The third-order valence-electron chi connectivity index (χ3n) is 1.75. The van der Waals surface area contributed by atoms with Crippen molar-refractivity contribution in [3.8, 4) is 12.3 Å². The smallest absolute Gasteiger partial charge is 0.198 e. The zero-order valence-corrected chi connectivity index (χ0v) is 7.40. The molecule has 1 aromatic heterocycles. The highest BCUT2D eigenvalue weighted by molar-refractivity contribution is 5.98. The molecule has 1 heterocycles. The number of terminal acetylenes is 1. The second-order valence-corrected chi connectivity index (χ2v) is 2.72. The minimum absolute atomic E-state index is 0.169. The molecule has 0 saturated carbocycles. The molecule has 0 aliphatic carbocycles. The van der Waals surface area contributed by atoms with Gasteiger partial charge in [0, 0.05) is 19.7 Å². The Morgan fingerprint density at radius 2 is 2.62 bits per heavy atom. The van der Waals surface area contributed by atoms with Gasteiger partial charge in [-0.25, -0.2) is 0 Å². The van der Waals surface area contributed by atoms with E-state index in [1.807, 2.05) is 0 Å². The lowest BCUT2D eigenvalue weighted by molar-refractivity contribution is 0.0953. The van der Waals surface area contributed by atoms with Crippen molar-refractivity contribution in [2.24, 2.45) is 12.8 Å². The van der Waals surface area contributed by atoms with Crippen molar-refractivity contribution in [2.45, 2.75) is 12.5 Å². The average molecular weight is 177 g/mol. The predicted octanol–water partition coefficient (Wildman–Crippen LogP) is -0.0466. The van der Waals surface area contributed by atoms with Crippen LogP contribution in [0.1, 0.15) is 16.9 Å². The van der Waals surface area contributed by atoms with Crippen LogP contribution in [0.2, 0.25) is 0 Å². The molecule has 0 amide bonds. The lowest BCUT2D eigenvalue weighted by atomic mass is 10.1. The summed E-state index contributed by atoms with van der Waals surface area (Å²) in [5, 5.41) is 3.87. The summed E-state index contributed by atoms with van der Waals surface area (Å²) in [7, 11) is 1.69. The fraction of sp³-hybridized carbons (Fsp3) is 0.333. The quantitative estimate of drug-likeness (QED) is 0.520. The molecule has 1 atom stereocenters. The molecule has 0 aliphatic rings. The van der Waals surface area contributed by atoms with Crippen LogP contribution in [0.3, 0.4) is 0 Å². The second-order valence-electron chi connectivity index (χ2n) is 2.72. The summed E-state index contributed by atoms with van der Waals surface area (Å²) in [5.74, 6) is 2.19. The maximum atomic E-state index is 11.5. The van der Waals surface area contributed by atoms with Gasteiger partial charge in [0.05, 0.1) is 6.04 Å².